The van der Waals surface area contributed by atoms with Crippen molar-refractivity contribution in [1.82, 2.24) is 10.3 Å². The Bertz CT molecular complexity index is 403. The number of halogens is 1. The van der Waals surface area contributed by atoms with Gasteiger partial charge >= 0.3 is 0 Å². The van der Waals surface area contributed by atoms with Crippen molar-refractivity contribution in [1.29, 1.82) is 0 Å². The lowest BCUT2D eigenvalue weighted by molar-refractivity contribution is 0.724. The normalized spacial score (nSPS) is 16.6. The quantitative estimate of drug-likeness (QED) is 0.591. The molecule has 0 bridgehead atoms. The number of aromatic nitrogens is 1. The molecular weight excluding hydrogens is 222 g/mol. The lowest BCUT2D eigenvalue weighted by Crippen LogP contribution is -2.27. The van der Waals surface area contributed by atoms with Crippen LogP contribution in [0.25, 0.3) is 0 Å². The Morgan fingerprint density at radius 2 is 2.31 bits per heavy atom. The summed E-state index contributed by atoms with van der Waals surface area (Å²) in [4.78, 5) is 6.40. The van der Waals surface area contributed by atoms with E-state index in [1.54, 1.807) is 6.20 Å². The minimum atomic E-state index is 0.402. The van der Waals surface area contributed by atoms with Crippen molar-refractivity contribution in [2.45, 2.75) is 6.42 Å². The van der Waals surface area contributed by atoms with Crippen LogP contribution in [0.5, 0.6) is 0 Å². The van der Waals surface area contributed by atoms with Crippen molar-refractivity contribution in [3.63, 3.8) is 0 Å². The molecular formula is C12H14ClN3. The molecule has 1 aromatic heterocycles. The predicted octanol–water partition coefficient (Wildman–Crippen LogP) is 1.52. The van der Waals surface area contributed by atoms with Gasteiger partial charge in [-0.1, -0.05) is 17.5 Å². The molecule has 0 aliphatic carbocycles. The highest BCUT2D eigenvalue weighted by Crippen LogP contribution is 2.20. The standard InChI is InChI=1S/C12H14ClN3/c1-2-10-8-11(9-15-12(10)13)16-6-3-4-14-5-7-16/h1,8-9,14H,3-7H2. The second-order valence-electron chi connectivity index (χ2n) is 3.77. The van der Waals surface area contributed by atoms with Gasteiger partial charge in [0.15, 0.2) is 0 Å². The van der Waals surface area contributed by atoms with Gasteiger partial charge in [-0.15, -0.1) is 6.42 Å². The molecule has 0 saturated carbocycles. The van der Waals surface area contributed by atoms with E-state index in [0.29, 0.717) is 10.7 Å². The van der Waals surface area contributed by atoms with Crippen LogP contribution in [-0.4, -0.2) is 31.2 Å². The minimum absolute atomic E-state index is 0.402. The van der Waals surface area contributed by atoms with E-state index in [1.807, 2.05) is 6.07 Å². The highest BCUT2D eigenvalue weighted by Gasteiger charge is 2.11. The van der Waals surface area contributed by atoms with E-state index in [-0.39, 0.29) is 0 Å². The van der Waals surface area contributed by atoms with Gasteiger partial charge in [-0.05, 0) is 19.0 Å². The molecule has 1 saturated heterocycles. The number of pyridine rings is 1. The van der Waals surface area contributed by atoms with Crippen LogP contribution < -0.4 is 10.2 Å². The summed E-state index contributed by atoms with van der Waals surface area (Å²) < 4.78 is 0. The first kappa shape index (κ1) is 11.3. The molecule has 0 unspecified atom stereocenters. The van der Waals surface area contributed by atoms with Crippen LogP contribution in [0.4, 0.5) is 5.69 Å². The zero-order valence-electron chi connectivity index (χ0n) is 9.04. The molecule has 1 N–H and O–H groups in total. The summed E-state index contributed by atoms with van der Waals surface area (Å²) >= 11 is 5.88. The van der Waals surface area contributed by atoms with Crippen molar-refractivity contribution in [3.8, 4) is 12.3 Å². The lowest BCUT2D eigenvalue weighted by Gasteiger charge is -2.22. The van der Waals surface area contributed by atoms with Gasteiger partial charge in [0.2, 0.25) is 0 Å². The molecule has 1 aromatic rings. The molecule has 1 fully saturated rings. The highest BCUT2D eigenvalue weighted by atomic mass is 35.5. The van der Waals surface area contributed by atoms with E-state index < -0.39 is 0 Å². The molecule has 2 rings (SSSR count). The van der Waals surface area contributed by atoms with E-state index in [0.717, 1.165) is 38.3 Å². The van der Waals surface area contributed by atoms with Crippen LogP contribution in [0.3, 0.4) is 0 Å². The van der Waals surface area contributed by atoms with Gasteiger partial charge in [-0.3, -0.25) is 0 Å². The first-order valence-corrected chi connectivity index (χ1v) is 5.77. The number of nitrogens with zero attached hydrogens (tertiary/aromatic N) is 2. The van der Waals surface area contributed by atoms with Gasteiger partial charge < -0.3 is 10.2 Å². The third-order valence-electron chi connectivity index (χ3n) is 2.69. The monoisotopic (exact) mass is 235 g/mol. The molecule has 0 radical (unpaired) electrons. The maximum atomic E-state index is 5.88. The summed E-state index contributed by atoms with van der Waals surface area (Å²) in [6.45, 7) is 4.07. The molecule has 1 aliphatic rings. The van der Waals surface area contributed by atoms with Gasteiger partial charge in [-0.2, -0.15) is 0 Å². The van der Waals surface area contributed by atoms with Crippen molar-refractivity contribution in [3.05, 3.63) is 23.0 Å². The van der Waals surface area contributed by atoms with E-state index in [2.05, 4.69) is 21.1 Å². The maximum absolute atomic E-state index is 5.88. The fraction of sp³-hybridized carbons (Fsp3) is 0.417. The molecule has 2 heterocycles. The maximum Gasteiger partial charge on any atom is 0.144 e. The minimum Gasteiger partial charge on any atom is -0.369 e. The average Bonchev–Trinajstić information content (AvgIpc) is 2.58. The number of rotatable bonds is 1. The predicted molar refractivity (Wildman–Crippen MR) is 66.9 cm³/mol. The summed E-state index contributed by atoms with van der Waals surface area (Å²) in [5.74, 6) is 2.55. The van der Waals surface area contributed by atoms with E-state index in [1.165, 1.54) is 0 Å². The molecule has 1 aliphatic heterocycles. The fourth-order valence-corrected chi connectivity index (χ4v) is 1.97. The van der Waals surface area contributed by atoms with Crippen LogP contribution >= 0.6 is 11.6 Å². The highest BCUT2D eigenvalue weighted by molar-refractivity contribution is 6.30. The topological polar surface area (TPSA) is 28.2 Å². The number of nitrogens with one attached hydrogen (secondary N) is 1. The molecule has 0 amide bonds. The van der Waals surface area contributed by atoms with E-state index in [4.69, 9.17) is 18.0 Å². The number of hydrogen-bond acceptors (Lipinski definition) is 3. The van der Waals surface area contributed by atoms with E-state index >= 15 is 0 Å². The van der Waals surface area contributed by atoms with Crippen molar-refractivity contribution in [2.24, 2.45) is 0 Å². The molecule has 0 aromatic carbocycles. The second-order valence-corrected chi connectivity index (χ2v) is 4.12. The van der Waals surface area contributed by atoms with Crippen LogP contribution in [0, 0.1) is 12.3 Å². The molecule has 16 heavy (non-hydrogen) atoms. The Kier molecular flexibility index (Phi) is 3.66. The van der Waals surface area contributed by atoms with Gasteiger partial charge in [0, 0.05) is 19.6 Å². The van der Waals surface area contributed by atoms with Gasteiger partial charge in [-0.25, -0.2) is 4.98 Å². The Balaban J connectivity index is 2.22. The third-order valence-corrected chi connectivity index (χ3v) is 2.99. The summed E-state index contributed by atoms with van der Waals surface area (Å²) in [5, 5.41) is 3.76. The third kappa shape index (κ3) is 2.46. The largest absolute Gasteiger partial charge is 0.369 e. The average molecular weight is 236 g/mol. The molecule has 0 atom stereocenters. The Labute approximate surface area is 101 Å². The number of hydrogen-bond donors (Lipinski definition) is 1. The summed E-state index contributed by atoms with van der Waals surface area (Å²) in [6.07, 6.45) is 8.29. The number of terminal acetylenes is 1. The van der Waals surface area contributed by atoms with E-state index in [9.17, 15) is 0 Å². The fourth-order valence-electron chi connectivity index (χ4n) is 1.82. The molecule has 0 spiro atoms. The van der Waals surface area contributed by atoms with Crippen LogP contribution in [0.1, 0.15) is 12.0 Å². The van der Waals surface area contributed by atoms with Crippen molar-refractivity contribution < 1.29 is 0 Å². The van der Waals surface area contributed by atoms with Gasteiger partial charge in [0.1, 0.15) is 5.15 Å². The first-order chi connectivity index (χ1) is 7.81. The molecule has 84 valence electrons. The Morgan fingerprint density at radius 3 is 3.12 bits per heavy atom. The Hall–Kier alpha value is -1.24. The lowest BCUT2D eigenvalue weighted by atomic mass is 10.2. The van der Waals surface area contributed by atoms with Crippen LogP contribution in [0.2, 0.25) is 5.15 Å². The van der Waals surface area contributed by atoms with Crippen molar-refractivity contribution >= 4 is 17.3 Å². The zero-order valence-corrected chi connectivity index (χ0v) is 9.80. The van der Waals surface area contributed by atoms with Crippen LogP contribution in [-0.2, 0) is 0 Å². The summed E-state index contributed by atoms with van der Waals surface area (Å²) in [5.41, 5.74) is 1.72. The summed E-state index contributed by atoms with van der Waals surface area (Å²) in [6, 6.07) is 1.93. The molecule has 3 nitrogen and oxygen atoms in total. The molecule has 4 heteroatoms. The van der Waals surface area contributed by atoms with Crippen LogP contribution in [0.15, 0.2) is 12.3 Å². The SMILES string of the molecule is C#Cc1cc(N2CCCNCC2)cnc1Cl. The van der Waals surface area contributed by atoms with Gasteiger partial charge in [0.25, 0.3) is 0 Å². The Morgan fingerprint density at radius 1 is 1.44 bits per heavy atom. The zero-order chi connectivity index (χ0) is 11.4. The number of anilines is 1. The summed E-state index contributed by atoms with van der Waals surface area (Å²) in [7, 11) is 0. The van der Waals surface area contributed by atoms with Crippen molar-refractivity contribution in [2.75, 3.05) is 31.1 Å². The van der Waals surface area contributed by atoms with Gasteiger partial charge in [0.05, 0.1) is 17.4 Å². The first-order valence-electron chi connectivity index (χ1n) is 5.39. The smallest absolute Gasteiger partial charge is 0.144 e. The second kappa shape index (κ2) is 5.20.